The molecule has 0 rings (SSSR count). The summed E-state index contributed by atoms with van der Waals surface area (Å²) in [5.74, 6) is 1.99. The third-order valence-electron chi connectivity index (χ3n) is 1.36. The van der Waals surface area contributed by atoms with Gasteiger partial charge in [-0.15, -0.1) is 6.42 Å². The summed E-state index contributed by atoms with van der Waals surface area (Å²) >= 11 is 0. The van der Waals surface area contributed by atoms with E-state index in [0.29, 0.717) is 6.54 Å². The highest BCUT2D eigenvalue weighted by molar-refractivity contribution is 7.89. The number of aliphatic hydroxyl groups excluding tert-OH is 1. The minimum Gasteiger partial charge on any atom is -0.395 e. The summed E-state index contributed by atoms with van der Waals surface area (Å²) in [4.78, 5) is 0. The molecule has 0 aromatic heterocycles. The molecule has 0 aromatic carbocycles. The molecule has 0 atom stereocenters. The van der Waals surface area contributed by atoms with Crippen molar-refractivity contribution in [3.63, 3.8) is 0 Å². The van der Waals surface area contributed by atoms with Crippen molar-refractivity contribution in [2.24, 2.45) is 0 Å². The fraction of sp³-hybridized carbons (Fsp3) is 0.714. The summed E-state index contributed by atoms with van der Waals surface area (Å²) in [6, 6.07) is 0. The Bertz CT molecular complexity index is 252. The van der Waals surface area contributed by atoms with Gasteiger partial charge in [-0.25, -0.2) is 8.42 Å². The smallest absolute Gasteiger partial charge is 0.217 e. The molecule has 70 valence electrons. The molecule has 0 heterocycles. The summed E-state index contributed by atoms with van der Waals surface area (Å²) in [5, 5.41) is 8.46. The molecule has 4 nitrogen and oxygen atoms in total. The van der Waals surface area contributed by atoms with Crippen LogP contribution < -0.4 is 0 Å². The van der Waals surface area contributed by atoms with Crippen LogP contribution in [0.1, 0.15) is 6.92 Å². The summed E-state index contributed by atoms with van der Waals surface area (Å²) in [6.45, 7) is 1.74. The summed E-state index contributed by atoms with van der Waals surface area (Å²) in [6.07, 6.45) is 4.98. The Kier molecular flexibility index (Phi) is 4.90. The van der Waals surface area contributed by atoms with Crippen molar-refractivity contribution in [2.45, 2.75) is 6.92 Å². The Labute approximate surface area is 73.2 Å². The maximum Gasteiger partial charge on any atom is 0.217 e. The van der Waals surface area contributed by atoms with Gasteiger partial charge in [-0.1, -0.05) is 12.8 Å². The van der Waals surface area contributed by atoms with Crippen molar-refractivity contribution in [1.82, 2.24) is 4.31 Å². The van der Waals surface area contributed by atoms with Crippen LogP contribution in [0, 0.1) is 12.3 Å². The van der Waals surface area contributed by atoms with E-state index in [-0.39, 0.29) is 18.9 Å². The van der Waals surface area contributed by atoms with Gasteiger partial charge < -0.3 is 5.11 Å². The van der Waals surface area contributed by atoms with Crippen LogP contribution >= 0.6 is 0 Å². The van der Waals surface area contributed by atoms with Gasteiger partial charge >= 0.3 is 0 Å². The largest absolute Gasteiger partial charge is 0.395 e. The van der Waals surface area contributed by atoms with Gasteiger partial charge in [0, 0.05) is 6.54 Å². The van der Waals surface area contributed by atoms with Gasteiger partial charge in [-0.2, -0.15) is 4.31 Å². The molecular weight excluding hydrogens is 178 g/mol. The normalized spacial score (nSPS) is 11.5. The molecule has 0 aromatic rings. The monoisotopic (exact) mass is 191 g/mol. The highest BCUT2D eigenvalue weighted by atomic mass is 32.2. The highest BCUT2D eigenvalue weighted by Crippen LogP contribution is 1.99. The lowest BCUT2D eigenvalue weighted by Gasteiger charge is -2.16. The first-order valence-corrected chi connectivity index (χ1v) is 5.21. The molecule has 0 spiro atoms. The predicted molar refractivity (Wildman–Crippen MR) is 47.0 cm³/mol. The quantitative estimate of drug-likeness (QED) is 0.582. The topological polar surface area (TPSA) is 57.6 Å². The van der Waals surface area contributed by atoms with Crippen LogP contribution in [0.3, 0.4) is 0 Å². The van der Waals surface area contributed by atoms with Crippen molar-refractivity contribution in [2.75, 3.05) is 25.4 Å². The number of rotatable bonds is 5. The van der Waals surface area contributed by atoms with Crippen LogP contribution in [0.15, 0.2) is 0 Å². The lowest BCUT2D eigenvalue weighted by Crippen LogP contribution is -2.34. The highest BCUT2D eigenvalue weighted by Gasteiger charge is 2.17. The Morgan fingerprint density at radius 2 is 2.17 bits per heavy atom. The van der Waals surface area contributed by atoms with Crippen LogP contribution in [0.4, 0.5) is 0 Å². The van der Waals surface area contributed by atoms with E-state index in [0.717, 1.165) is 4.31 Å². The van der Waals surface area contributed by atoms with Gasteiger partial charge in [0.15, 0.2) is 0 Å². The number of hydrogen-bond donors (Lipinski definition) is 1. The average molecular weight is 191 g/mol. The maximum atomic E-state index is 11.2. The van der Waals surface area contributed by atoms with Gasteiger partial charge in [-0.05, 0) is 0 Å². The van der Waals surface area contributed by atoms with Gasteiger partial charge in [0.05, 0.1) is 18.9 Å². The minimum absolute atomic E-state index is 0.0683. The van der Waals surface area contributed by atoms with Crippen LogP contribution in [0.5, 0.6) is 0 Å². The Hall–Kier alpha value is -0.570. The van der Waals surface area contributed by atoms with E-state index in [2.05, 4.69) is 5.92 Å². The molecule has 5 heteroatoms. The molecule has 0 saturated heterocycles. The second kappa shape index (κ2) is 5.14. The molecule has 0 radical (unpaired) electrons. The Morgan fingerprint density at radius 3 is 2.50 bits per heavy atom. The fourth-order valence-electron chi connectivity index (χ4n) is 0.753. The number of sulfonamides is 1. The molecule has 0 aliphatic carbocycles. The molecular formula is C7H13NO3S. The Balaban J connectivity index is 4.40. The summed E-state index contributed by atoms with van der Waals surface area (Å²) < 4.78 is 23.6. The second-order valence-electron chi connectivity index (χ2n) is 2.17. The van der Waals surface area contributed by atoms with Crippen molar-refractivity contribution < 1.29 is 13.5 Å². The molecule has 12 heavy (non-hydrogen) atoms. The van der Waals surface area contributed by atoms with Crippen molar-refractivity contribution in [3.05, 3.63) is 0 Å². The Morgan fingerprint density at radius 1 is 1.58 bits per heavy atom. The molecule has 0 aliphatic heterocycles. The lowest BCUT2D eigenvalue weighted by atomic mass is 10.6. The zero-order valence-electron chi connectivity index (χ0n) is 7.02. The fourth-order valence-corrected chi connectivity index (χ4v) is 1.91. The first-order chi connectivity index (χ1) is 5.58. The number of terminal acetylenes is 1. The van der Waals surface area contributed by atoms with E-state index in [4.69, 9.17) is 11.5 Å². The molecule has 0 bridgehead atoms. The van der Waals surface area contributed by atoms with E-state index in [1.807, 2.05) is 0 Å². The van der Waals surface area contributed by atoms with E-state index >= 15 is 0 Å². The zero-order valence-corrected chi connectivity index (χ0v) is 7.84. The third kappa shape index (κ3) is 3.22. The molecule has 0 unspecified atom stereocenters. The van der Waals surface area contributed by atoms with E-state index < -0.39 is 10.0 Å². The molecule has 0 fully saturated rings. The average Bonchev–Trinajstić information content (AvgIpc) is 1.99. The molecule has 1 N–H and O–H groups in total. The van der Waals surface area contributed by atoms with Gasteiger partial charge in [0.1, 0.15) is 0 Å². The van der Waals surface area contributed by atoms with Gasteiger partial charge in [0.25, 0.3) is 0 Å². The van der Waals surface area contributed by atoms with Crippen molar-refractivity contribution in [3.8, 4) is 12.3 Å². The summed E-state index contributed by atoms with van der Waals surface area (Å²) in [7, 11) is -3.34. The maximum absolute atomic E-state index is 11.2. The molecule has 0 aliphatic rings. The SMILES string of the molecule is C#CCN(CC)S(=O)(=O)CCO. The van der Waals surface area contributed by atoms with Gasteiger partial charge in [0.2, 0.25) is 10.0 Å². The first-order valence-electron chi connectivity index (χ1n) is 3.60. The third-order valence-corrected chi connectivity index (χ3v) is 3.24. The first kappa shape index (κ1) is 11.4. The molecule has 0 amide bonds. The van der Waals surface area contributed by atoms with Crippen LogP contribution in [0.2, 0.25) is 0 Å². The van der Waals surface area contributed by atoms with Crippen LogP contribution in [-0.4, -0.2) is 43.3 Å². The van der Waals surface area contributed by atoms with Crippen LogP contribution in [0.25, 0.3) is 0 Å². The van der Waals surface area contributed by atoms with Crippen molar-refractivity contribution in [1.29, 1.82) is 0 Å². The number of hydrogen-bond acceptors (Lipinski definition) is 3. The van der Waals surface area contributed by atoms with E-state index in [1.54, 1.807) is 6.92 Å². The lowest BCUT2D eigenvalue weighted by molar-refractivity contribution is 0.316. The zero-order chi connectivity index (χ0) is 9.61. The van der Waals surface area contributed by atoms with E-state index in [1.165, 1.54) is 0 Å². The van der Waals surface area contributed by atoms with E-state index in [9.17, 15) is 8.42 Å². The molecule has 0 saturated carbocycles. The minimum atomic E-state index is -3.34. The van der Waals surface area contributed by atoms with Crippen molar-refractivity contribution >= 4 is 10.0 Å². The number of nitrogens with zero attached hydrogens (tertiary/aromatic N) is 1. The predicted octanol–water partition coefficient (Wildman–Crippen LogP) is -0.736. The summed E-state index contributed by atoms with van der Waals surface area (Å²) in [5.41, 5.74) is 0. The second-order valence-corrected chi connectivity index (χ2v) is 4.26. The van der Waals surface area contributed by atoms with Crippen LogP contribution in [-0.2, 0) is 10.0 Å². The number of aliphatic hydroxyl groups is 1. The standard InChI is InChI=1S/C7H13NO3S/c1-3-5-8(4-2)12(10,11)7-6-9/h1,9H,4-7H2,2H3. The van der Waals surface area contributed by atoms with Gasteiger partial charge in [-0.3, -0.25) is 0 Å².